The van der Waals surface area contributed by atoms with Crippen LogP contribution in [0.1, 0.15) is 86.5 Å². The topological polar surface area (TPSA) is 73.8 Å². The summed E-state index contributed by atoms with van der Waals surface area (Å²) in [5.74, 6) is 5.66. The van der Waals surface area contributed by atoms with Crippen molar-refractivity contribution in [2.24, 2.45) is 0 Å². The molecule has 8 heteroatoms. The van der Waals surface area contributed by atoms with Crippen LogP contribution in [0.25, 0.3) is 11.1 Å². The minimum Gasteiger partial charge on any atom is -0.497 e. The maximum absolute atomic E-state index is 6.83. The first-order valence-electron chi connectivity index (χ1n) is 21.5. The molecule has 5 rings (SSSR count). The monoisotopic (exact) mass is 828 g/mol. The molecule has 8 nitrogen and oxygen atoms in total. The van der Waals surface area contributed by atoms with Crippen molar-refractivity contribution in [2.75, 3.05) is 35.0 Å². The third-order valence-corrected chi connectivity index (χ3v) is 10.5. The Morgan fingerprint density at radius 2 is 0.820 bits per heavy atom. The van der Waals surface area contributed by atoms with Crippen molar-refractivity contribution in [3.63, 3.8) is 0 Å². The van der Waals surface area contributed by atoms with Gasteiger partial charge in [0.1, 0.15) is 65.8 Å². The molecule has 0 saturated heterocycles. The number of unbranched alkanes of at least 4 members (excludes halogenated alkanes) is 8. The standard InChI is InChI=1S/C53H64O8/c1-7-9-11-13-14-16-18-32-58-48-35-50(60-38-41-22-28-45(55-4)29-23-41)53(51(36-48)61-39-42-24-30-46(56-5)31-25-42)52-43(19-17-15-12-10-8-2)33-47(34-49(52)57-6)59-37-40-20-26-44(54-3)27-21-40/h7-8,20-31,33-36H,1-2,9-19,32,37-39H2,3-6H3. The van der Waals surface area contributed by atoms with Crippen LogP contribution >= 0.6 is 0 Å². The van der Waals surface area contributed by atoms with Gasteiger partial charge in [-0.15, -0.1) is 13.2 Å². The minimum atomic E-state index is 0.311. The van der Waals surface area contributed by atoms with Gasteiger partial charge in [-0.05, 0) is 110 Å². The molecule has 0 fully saturated rings. The first-order valence-corrected chi connectivity index (χ1v) is 21.5. The molecule has 0 aromatic heterocycles. The van der Waals surface area contributed by atoms with Crippen molar-refractivity contribution >= 4 is 0 Å². The molecule has 0 unspecified atom stereocenters. The highest BCUT2D eigenvalue weighted by Crippen LogP contribution is 2.49. The average Bonchev–Trinajstić information content (AvgIpc) is 3.30. The fourth-order valence-electron chi connectivity index (χ4n) is 7.04. The van der Waals surface area contributed by atoms with Crippen LogP contribution in [-0.4, -0.2) is 35.0 Å². The Hall–Kier alpha value is -6.02. The summed E-state index contributed by atoms with van der Waals surface area (Å²) in [6.45, 7) is 9.37. The third-order valence-electron chi connectivity index (χ3n) is 10.5. The summed E-state index contributed by atoms with van der Waals surface area (Å²) in [7, 11) is 6.70. The van der Waals surface area contributed by atoms with E-state index in [-0.39, 0.29) is 0 Å². The van der Waals surface area contributed by atoms with Gasteiger partial charge in [0.25, 0.3) is 0 Å². The Labute approximate surface area is 364 Å². The summed E-state index contributed by atoms with van der Waals surface area (Å²) in [5, 5.41) is 0. The molecule has 0 bridgehead atoms. The number of allylic oxidation sites excluding steroid dienone is 2. The number of ether oxygens (including phenoxy) is 8. The van der Waals surface area contributed by atoms with Crippen LogP contribution in [0.2, 0.25) is 0 Å². The molecule has 0 saturated carbocycles. The molecule has 324 valence electrons. The Kier molecular flexibility index (Phi) is 19.3. The molecular weight excluding hydrogens is 765 g/mol. The lowest BCUT2D eigenvalue weighted by Crippen LogP contribution is -2.06. The van der Waals surface area contributed by atoms with Crippen LogP contribution in [0, 0.1) is 0 Å². The van der Waals surface area contributed by atoms with E-state index in [1.807, 2.05) is 103 Å². The largest absolute Gasteiger partial charge is 0.497 e. The first kappa shape index (κ1) is 46.1. The van der Waals surface area contributed by atoms with E-state index in [9.17, 15) is 0 Å². The van der Waals surface area contributed by atoms with Gasteiger partial charge in [-0.25, -0.2) is 0 Å². The summed E-state index contributed by atoms with van der Waals surface area (Å²) in [6.07, 6.45) is 15.4. The van der Waals surface area contributed by atoms with Crippen LogP contribution in [0.5, 0.6) is 46.0 Å². The number of hydrogen-bond donors (Lipinski definition) is 0. The van der Waals surface area contributed by atoms with Gasteiger partial charge in [0, 0.05) is 23.8 Å². The van der Waals surface area contributed by atoms with Crippen LogP contribution < -0.4 is 37.9 Å². The van der Waals surface area contributed by atoms with E-state index in [1.54, 1.807) is 28.4 Å². The number of benzene rings is 5. The van der Waals surface area contributed by atoms with E-state index in [0.29, 0.717) is 55.2 Å². The van der Waals surface area contributed by atoms with E-state index >= 15 is 0 Å². The molecule has 0 aliphatic rings. The quantitative estimate of drug-likeness (QED) is 0.0349. The molecule has 5 aromatic rings. The van der Waals surface area contributed by atoms with Crippen molar-refractivity contribution in [1.29, 1.82) is 0 Å². The van der Waals surface area contributed by atoms with Gasteiger partial charge in [0.05, 0.1) is 40.6 Å². The summed E-state index contributed by atoms with van der Waals surface area (Å²) in [4.78, 5) is 0. The van der Waals surface area contributed by atoms with Gasteiger partial charge < -0.3 is 37.9 Å². The number of rotatable bonds is 29. The molecule has 0 heterocycles. The second-order valence-electron chi connectivity index (χ2n) is 14.9. The van der Waals surface area contributed by atoms with Crippen LogP contribution in [0.15, 0.2) is 122 Å². The molecule has 0 radical (unpaired) electrons. The molecule has 0 atom stereocenters. The second-order valence-corrected chi connectivity index (χ2v) is 14.9. The van der Waals surface area contributed by atoms with Crippen molar-refractivity contribution in [1.82, 2.24) is 0 Å². The summed E-state index contributed by atoms with van der Waals surface area (Å²) in [6, 6.07) is 31.8. The molecular formula is C53H64O8. The van der Waals surface area contributed by atoms with Gasteiger partial charge in [-0.1, -0.05) is 74.2 Å². The van der Waals surface area contributed by atoms with E-state index in [0.717, 1.165) is 102 Å². The lowest BCUT2D eigenvalue weighted by Gasteiger charge is -2.23. The van der Waals surface area contributed by atoms with Gasteiger partial charge in [0.15, 0.2) is 0 Å². The predicted molar refractivity (Wildman–Crippen MR) is 246 cm³/mol. The summed E-state index contributed by atoms with van der Waals surface area (Å²) >= 11 is 0. The lowest BCUT2D eigenvalue weighted by molar-refractivity contribution is 0.276. The van der Waals surface area contributed by atoms with E-state index in [2.05, 4.69) is 19.2 Å². The fraction of sp³-hybridized carbons (Fsp3) is 0.358. The van der Waals surface area contributed by atoms with E-state index < -0.39 is 0 Å². The molecule has 0 aliphatic heterocycles. The Morgan fingerprint density at radius 3 is 1.30 bits per heavy atom. The fourth-order valence-corrected chi connectivity index (χ4v) is 7.04. The Balaban J connectivity index is 1.58. The summed E-state index contributed by atoms with van der Waals surface area (Å²) < 4.78 is 49.1. The number of aryl methyl sites for hydroxylation is 1. The highest BCUT2D eigenvalue weighted by Gasteiger charge is 2.25. The maximum atomic E-state index is 6.83. The Bertz CT molecular complexity index is 1980. The zero-order valence-corrected chi connectivity index (χ0v) is 36.7. The zero-order valence-electron chi connectivity index (χ0n) is 36.7. The normalized spacial score (nSPS) is 10.8. The van der Waals surface area contributed by atoms with Crippen LogP contribution in [0.4, 0.5) is 0 Å². The first-order chi connectivity index (χ1) is 30.0. The van der Waals surface area contributed by atoms with E-state index in [4.69, 9.17) is 37.9 Å². The average molecular weight is 829 g/mol. The number of methoxy groups -OCH3 is 4. The zero-order chi connectivity index (χ0) is 43.1. The highest BCUT2D eigenvalue weighted by molar-refractivity contribution is 5.85. The van der Waals surface area contributed by atoms with E-state index in [1.165, 1.54) is 19.3 Å². The van der Waals surface area contributed by atoms with Crippen molar-refractivity contribution in [3.05, 3.63) is 145 Å². The molecule has 61 heavy (non-hydrogen) atoms. The number of hydrogen-bond acceptors (Lipinski definition) is 8. The molecule has 0 amide bonds. The van der Waals surface area contributed by atoms with Crippen molar-refractivity contribution < 1.29 is 37.9 Å². The van der Waals surface area contributed by atoms with Gasteiger partial charge in [-0.3, -0.25) is 0 Å². The molecule has 0 aliphatic carbocycles. The molecule has 0 spiro atoms. The maximum Gasteiger partial charge on any atom is 0.135 e. The minimum absolute atomic E-state index is 0.311. The van der Waals surface area contributed by atoms with Crippen molar-refractivity contribution in [3.8, 4) is 57.1 Å². The smallest absolute Gasteiger partial charge is 0.135 e. The van der Waals surface area contributed by atoms with Crippen LogP contribution in [-0.2, 0) is 26.2 Å². The van der Waals surface area contributed by atoms with Crippen molar-refractivity contribution in [2.45, 2.75) is 90.4 Å². The SMILES string of the molecule is C=CCCCCCCCOc1cc(OCc2ccc(OC)cc2)c(-c2c(CCCCCC=C)cc(OCc3ccc(OC)cc3)cc2OC)c(OCc2ccc(OC)cc2)c1. The lowest BCUT2D eigenvalue weighted by atomic mass is 9.92. The van der Waals surface area contributed by atoms with Gasteiger partial charge in [-0.2, -0.15) is 0 Å². The second kappa shape index (κ2) is 25.6. The van der Waals surface area contributed by atoms with Gasteiger partial charge >= 0.3 is 0 Å². The molecule has 5 aromatic carbocycles. The van der Waals surface area contributed by atoms with Crippen LogP contribution in [0.3, 0.4) is 0 Å². The molecule has 0 N–H and O–H groups in total. The Morgan fingerprint density at radius 1 is 0.393 bits per heavy atom. The highest BCUT2D eigenvalue weighted by atomic mass is 16.5. The summed E-state index contributed by atoms with van der Waals surface area (Å²) in [5.41, 5.74) is 5.76. The van der Waals surface area contributed by atoms with Gasteiger partial charge in [0.2, 0.25) is 0 Å². The third kappa shape index (κ3) is 14.6. The predicted octanol–water partition coefficient (Wildman–Crippen LogP) is 13.3.